The van der Waals surface area contributed by atoms with Crippen molar-refractivity contribution in [3.05, 3.63) is 22.1 Å². The highest BCUT2D eigenvalue weighted by atomic mass is 35.5. The first kappa shape index (κ1) is 12.6. The molecule has 1 N–H and O–H groups in total. The lowest BCUT2D eigenvalue weighted by atomic mass is 9.99. The van der Waals surface area contributed by atoms with Gasteiger partial charge in [0, 0.05) is 11.7 Å². The number of imidazole rings is 1. The van der Waals surface area contributed by atoms with Crippen LogP contribution in [-0.4, -0.2) is 14.5 Å². The fourth-order valence-electron chi connectivity index (χ4n) is 2.25. The molecule has 0 fully saturated rings. The van der Waals surface area contributed by atoms with Crippen LogP contribution < -0.4 is 0 Å². The fourth-order valence-corrected chi connectivity index (χ4v) is 2.86. The number of fused-ring (bicyclic) bond motifs is 1. The number of hydrogen-bond donors (Lipinski definition) is 1. The van der Waals surface area contributed by atoms with E-state index in [-0.39, 0.29) is 5.54 Å². The first-order valence-corrected chi connectivity index (χ1v) is 6.51. The summed E-state index contributed by atoms with van der Waals surface area (Å²) in [7, 11) is 0. The molecule has 17 heavy (non-hydrogen) atoms. The van der Waals surface area contributed by atoms with Gasteiger partial charge < -0.3 is 4.98 Å². The third kappa shape index (κ3) is 2.24. The van der Waals surface area contributed by atoms with Crippen LogP contribution in [0.1, 0.15) is 33.6 Å². The lowest BCUT2D eigenvalue weighted by molar-refractivity contribution is 0.328. The maximum atomic E-state index is 5.93. The van der Waals surface area contributed by atoms with Crippen LogP contribution >= 0.6 is 23.8 Å². The predicted molar refractivity (Wildman–Crippen MR) is 74.2 cm³/mol. The number of H-pyrrole nitrogens is 1. The van der Waals surface area contributed by atoms with E-state index < -0.39 is 0 Å². The van der Waals surface area contributed by atoms with Crippen LogP contribution in [0.5, 0.6) is 0 Å². The Morgan fingerprint density at radius 1 is 1.53 bits per heavy atom. The van der Waals surface area contributed by atoms with Crippen molar-refractivity contribution >= 4 is 35.0 Å². The van der Waals surface area contributed by atoms with E-state index >= 15 is 0 Å². The van der Waals surface area contributed by atoms with Crippen molar-refractivity contribution in [1.29, 1.82) is 0 Å². The van der Waals surface area contributed by atoms with Crippen LogP contribution in [-0.2, 0) is 5.54 Å². The summed E-state index contributed by atoms with van der Waals surface area (Å²) in [6.45, 7) is 6.52. The molecule has 2 heterocycles. The maximum absolute atomic E-state index is 5.93. The number of pyridine rings is 1. The molecule has 0 unspecified atom stereocenters. The normalized spacial score (nSPS) is 12.2. The van der Waals surface area contributed by atoms with Crippen molar-refractivity contribution in [2.24, 2.45) is 0 Å². The van der Waals surface area contributed by atoms with Gasteiger partial charge in [-0.1, -0.05) is 24.9 Å². The molecular formula is C12H16ClN3S. The number of hydrogen-bond acceptors (Lipinski definition) is 2. The Hall–Kier alpha value is -0.870. The standard InChI is InChI=1S/C12H16ClN3S/c1-4-5-12(2,3)16-10-9(15-11(16)17)6-8(13)7-14-10/h6-7H,4-5H2,1-3H3,(H,15,17). The molecule has 92 valence electrons. The van der Waals surface area contributed by atoms with Crippen LogP contribution in [0.25, 0.3) is 11.2 Å². The number of halogens is 1. The van der Waals surface area contributed by atoms with E-state index in [4.69, 9.17) is 23.8 Å². The minimum absolute atomic E-state index is 0.0368. The molecule has 0 amide bonds. The van der Waals surface area contributed by atoms with E-state index in [9.17, 15) is 0 Å². The van der Waals surface area contributed by atoms with Gasteiger partial charge in [-0.15, -0.1) is 0 Å². The Balaban J connectivity index is 2.69. The molecule has 2 aromatic heterocycles. The zero-order valence-electron chi connectivity index (χ0n) is 10.2. The van der Waals surface area contributed by atoms with E-state index in [2.05, 4.69) is 35.3 Å². The third-order valence-electron chi connectivity index (χ3n) is 2.96. The summed E-state index contributed by atoms with van der Waals surface area (Å²) in [5.41, 5.74) is 1.73. The van der Waals surface area contributed by atoms with E-state index in [1.807, 2.05) is 6.07 Å². The van der Waals surface area contributed by atoms with Gasteiger partial charge >= 0.3 is 0 Å². The number of aromatic amines is 1. The average molecular weight is 270 g/mol. The average Bonchev–Trinajstić information content (AvgIpc) is 2.53. The van der Waals surface area contributed by atoms with Crippen molar-refractivity contribution < 1.29 is 0 Å². The first-order valence-electron chi connectivity index (χ1n) is 5.72. The molecule has 2 rings (SSSR count). The van der Waals surface area contributed by atoms with Gasteiger partial charge in [-0.2, -0.15) is 0 Å². The highest BCUT2D eigenvalue weighted by Crippen LogP contribution is 2.27. The second-order valence-electron chi connectivity index (χ2n) is 4.85. The van der Waals surface area contributed by atoms with Gasteiger partial charge in [0.25, 0.3) is 0 Å². The lowest BCUT2D eigenvalue weighted by Crippen LogP contribution is -2.26. The van der Waals surface area contributed by atoms with E-state index in [0.717, 1.165) is 24.0 Å². The van der Waals surface area contributed by atoms with E-state index in [0.29, 0.717) is 9.79 Å². The Kier molecular flexibility index (Phi) is 3.27. The molecular weight excluding hydrogens is 254 g/mol. The van der Waals surface area contributed by atoms with Gasteiger partial charge in [-0.05, 0) is 38.6 Å². The quantitative estimate of drug-likeness (QED) is 0.844. The van der Waals surface area contributed by atoms with Gasteiger partial charge in [-0.25, -0.2) is 4.98 Å². The number of aromatic nitrogens is 3. The number of nitrogens with one attached hydrogen (secondary N) is 1. The number of nitrogens with zero attached hydrogens (tertiary/aromatic N) is 2. The largest absolute Gasteiger partial charge is 0.329 e. The van der Waals surface area contributed by atoms with Crippen LogP contribution in [0.3, 0.4) is 0 Å². The molecule has 0 aromatic carbocycles. The summed E-state index contributed by atoms with van der Waals surface area (Å²) < 4.78 is 2.78. The number of rotatable bonds is 3. The molecule has 3 nitrogen and oxygen atoms in total. The lowest BCUT2D eigenvalue weighted by Gasteiger charge is -2.26. The minimum Gasteiger partial charge on any atom is -0.329 e. The van der Waals surface area contributed by atoms with Crippen LogP contribution in [0.4, 0.5) is 0 Å². The zero-order valence-corrected chi connectivity index (χ0v) is 11.8. The van der Waals surface area contributed by atoms with Crippen LogP contribution in [0.15, 0.2) is 12.3 Å². The van der Waals surface area contributed by atoms with Gasteiger partial charge in [0.2, 0.25) is 0 Å². The van der Waals surface area contributed by atoms with Gasteiger partial charge in [0.15, 0.2) is 10.4 Å². The smallest absolute Gasteiger partial charge is 0.179 e. The summed E-state index contributed by atoms with van der Waals surface area (Å²) in [6, 6.07) is 1.86. The Morgan fingerprint density at radius 3 is 2.88 bits per heavy atom. The van der Waals surface area contributed by atoms with Gasteiger partial charge in [0.1, 0.15) is 0 Å². The SMILES string of the molecule is CCCC(C)(C)n1c(=S)[nH]c2cc(Cl)cnc21. The second kappa shape index (κ2) is 4.42. The predicted octanol–water partition coefficient (Wildman–Crippen LogP) is 4.28. The van der Waals surface area contributed by atoms with Gasteiger partial charge in [0.05, 0.1) is 10.5 Å². The van der Waals surface area contributed by atoms with Crippen molar-refractivity contribution in [3.63, 3.8) is 0 Å². The summed E-state index contributed by atoms with van der Waals surface area (Å²) in [4.78, 5) is 7.55. The molecule has 0 bridgehead atoms. The fraction of sp³-hybridized carbons (Fsp3) is 0.500. The van der Waals surface area contributed by atoms with Crippen LogP contribution in [0.2, 0.25) is 5.02 Å². The highest BCUT2D eigenvalue weighted by Gasteiger charge is 2.23. The third-order valence-corrected chi connectivity index (χ3v) is 3.45. The molecule has 0 saturated heterocycles. The first-order chi connectivity index (χ1) is 7.95. The van der Waals surface area contributed by atoms with E-state index in [1.54, 1.807) is 6.20 Å². The molecule has 0 aliphatic rings. The van der Waals surface area contributed by atoms with E-state index in [1.165, 1.54) is 0 Å². The zero-order chi connectivity index (χ0) is 12.6. The highest BCUT2D eigenvalue weighted by molar-refractivity contribution is 7.71. The Morgan fingerprint density at radius 2 is 2.24 bits per heavy atom. The molecule has 0 atom stereocenters. The second-order valence-corrected chi connectivity index (χ2v) is 5.68. The molecule has 2 aromatic rings. The molecule has 0 radical (unpaired) electrons. The van der Waals surface area contributed by atoms with Crippen molar-refractivity contribution in [3.8, 4) is 0 Å². The molecule has 0 spiro atoms. The Bertz CT molecular complexity index is 597. The maximum Gasteiger partial charge on any atom is 0.179 e. The Labute approximate surface area is 111 Å². The van der Waals surface area contributed by atoms with Crippen molar-refractivity contribution in [1.82, 2.24) is 14.5 Å². The molecule has 0 aliphatic carbocycles. The summed E-state index contributed by atoms with van der Waals surface area (Å²) >= 11 is 11.3. The monoisotopic (exact) mass is 269 g/mol. The minimum atomic E-state index is -0.0368. The summed E-state index contributed by atoms with van der Waals surface area (Å²) in [5, 5.41) is 0.620. The van der Waals surface area contributed by atoms with Gasteiger partial charge in [-0.3, -0.25) is 4.57 Å². The molecule has 0 aliphatic heterocycles. The van der Waals surface area contributed by atoms with Crippen LogP contribution in [0, 0.1) is 4.77 Å². The van der Waals surface area contributed by atoms with Crippen molar-refractivity contribution in [2.75, 3.05) is 0 Å². The molecule has 0 saturated carbocycles. The summed E-state index contributed by atoms with van der Waals surface area (Å²) in [6.07, 6.45) is 3.82. The topological polar surface area (TPSA) is 33.6 Å². The van der Waals surface area contributed by atoms with Crippen molar-refractivity contribution in [2.45, 2.75) is 39.2 Å². The molecule has 5 heteroatoms. The summed E-state index contributed by atoms with van der Waals surface area (Å²) in [5.74, 6) is 0.